The van der Waals surface area contributed by atoms with E-state index < -0.39 is 41.9 Å². The van der Waals surface area contributed by atoms with Gasteiger partial charge in [0, 0.05) is 18.4 Å². The van der Waals surface area contributed by atoms with Crippen molar-refractivity contribution in [3.8, 4) is 0 Å². The first-order chi connectivity index (χ1) is 18.1. The minimum atomic E-state index is -0.796. The number of amides is 1. The number of hydrogen-bond donors (Lipinski definition) is 0. The molecule has 3 aromatic carbocycles. The molecule has 2 saturated heterocycles. The van der Waals surface area contributed by atoms with Gasteiger partial charge in [0.05, 0.1) is 13.2 Å². The van der Waals surface area contributed by atoms with E-state index in [2.05, 4.69) is 0 Å². The minimum absolute atomic E-state index is 0.179. The highest BCUT2D eigenvalue weighted by atomic mass is 32.2. The molecule has 0 bridgehead atoms. The van der Waals surface area contributed by atoms with E-state index in [0.717, 1.165) is 16.0 Å². The van der Waals surface area contributed by atoms with E-state index in [-0.39, 0.29) is 6.61 Å². The van der Waals surface area contributed by atoms with Crippen molar-refractivity contribution >= 4 is 23.8 Å². The van der Waals surface area contributed by atoms with Gasteiger partial charge in [0.15, 0.2) is 12.2 Å². The lowest BCUT2D eigenvalue weighted by molar-refractivity contribution is -0.195. The van der Waals surface area contributed by atoms with Gasteiger partial charge in [-0.1, -0.05) is 90.6 Å². The molecule has 2 heterocycles. The van der Waals surface area contributed by atoms with E-state index in [1.165, 1.54) is 18.7 Å². The minimum Gasteiger partial charge on any atom is -0.456 e. The number of fused-ring (bicyclic) bond motifs is 1. The number of carbonyl (C=O) groups is 2. The van der Waals surface area contributed by atoms with Gasteiger partial charge >= 0.3 is 12.1 Å². The highest BCUT2D eigenvalue weighted by molar-refractivity contribution is 7.99. The van der Waals surface area contributed by atoms with Crippen LogP contribution in [0.1, 0.15) is 18.1 Å². The number of carbonyl (C=O) groups excluding carboxylic acids is 2. The molecule has 192 valence electrons. The molecule has 0 radical (unpaired) electrons. The van der Waals surface area contributed by atoms with Crippen molar-refractivity contribution < 1.29 is 28.5 Å². The average molecular weight is 520 g/mol. The number of hydrogen-bond acceptors (Lipinski definition) is 7. The lowest BCUT2D eigenvalue weighted by Gasteiger charge is -2.43. The average Bonchev–Trinajstić information content (AvgIpc) is 3.23. The summed E-state index contributed by atoms with van der Waals surface area (Å²) in [4.78, 5) is 27.9. The molecule has 5 atom stereocenters. The Hall–Kier alpha value is -3.33. The Kier molecular flexibility index (Phi) is 8.08. The number of nitrogens with zero attached hydrogens (tertiary/aromatic N) is 1. The molecule has 0 aliphatic carbocycles. The molecular weight excluding hydrogens is 490 g/mol. The van der Waals surface area contributed by atoms with E-state index in [1.54, 1.807) is 4.90 Å². The van der Waals surface area contributed by atoms with Gasteiger partial charge < -0.3 is 18.9 Å². The predicted molar refractivity (Wildman–Crippen MR) is 139 cm³/mol. The first-order valence-corrected chi connectivity index (χ1v) is 13.1. The molecule has 1 amide bonds. The molecule has 3 aromatic rings. The molecule has 2 aliphatic heterocycles. The first kappa shape index (κ1) is 25.3. The fourth-order valence-electron chi connectivity index (χ4n) is 4.67. The van der Waals surface area contributed by atoms with Crippen LogP contribution in [0.4, 0.5) is 4.79 Å². The first-order valence-electron chi connectivity index (χ1n) is 12.3. The lowest BCUT2D eigenvalue weighted by Crippen LogP contribution is -2.60. The van der Waals surface area contributed by atoms with E-state index in [4.69, 9.17) is 18.9 Å². The SMILES string of the molecule is CC(=O)O[C@@H]1[C@@H]2OC(=O)N(Cc3ccccc3)[C@H]2[C@@H](Sc2ccccc2)O[C@@H]1COCc1ccccc1. The third-order valence-corrected chi connectivity index (χ3v) is 7.50. The van der Waals surface area contributed by atoms with Gasteiger partial charge in [-0.2, -0.15) is 0 Å². The molecule has 0 aromatic heterocycles. The van der Waals surface area contributed by atoms with Crippen molar-refractivity contribution in [1.29, 1.82) is 0 Å². The van der Waals surface area contributed by atoms with Gasteiger partial charge in [-0.3, -0.25) is 9.69 Å². The van der Waals surface area contributed by atoms with Gasteiger partial charge in [0.25, 0.3) is 0 Å². The summed E-state index contributed by atoms with van der Waals surface area (Å²) in [5, 5.41) is 0. The van der Waals surface area contributed by atoms with E-state index in [1.807, 2.05) is 91.0 Å². The van der Waals surface area contributed by atoms with Crippen LogP contribution in [0.15, 0.2) is 95.9 Å². The molecule has 0 spiro atoms. The smallest absolute Gasteiger partial charge is 0.411 e. The summed E-state index contributed by atoms with van der Waals surface area (Å²) in [5.74, 6) is -0.466. The van der Waals surface area contributed by atoms with Crippen LogP contribution in [0.25, 0.3) is 0 Å². The summed E-state index contributed by atoms with van der Waals surface area (Å²) in [6.07, 6.45) is -2.56. The zero-order chi connectivity index (χ0) is 25.6. The molecule has 37 heavy (non-hydrogen) atoms. The third kappa shape index (κ3) is 6.15. The molecular formula is C29H29NO6S. The Balaban J connectivity index is 1.41. The maximum atomic E-state index is 13.1. The maximum Gasteiger partial charge on any atom is 0.411 e. The largest absolute Gasteiger partial charge is 0.456 e. The van der Waals surface area contributed by atoms with Crippen molar-refractivity contribution in [2.45, 2.75) is 54.8 Å². The van der Waals surface area contributed by atoms with E-state index in [0.29, 0.717) is 13.2 Å². The molecule has 2 fully saturated rings. The molecule has 8 heteroatoms. The second-order valence-corrected chi connectivity index (χ2v) is 10.2. The van der Waals surface area contributed by atoms with Gasteiger partial charge in [0.2, 0.25) is 0 Å². The summed E-state index contributed by atoms with van der Waals surface area (Å²) in [5.41, 5.74) is 1.54. The summed E-state index contributed by atoms with van der Waals surface area (Å²) in [6, 6.07) is 29.0. The standard InChI is InChI=1S/C29H29NO6S/c1-20(31)34-26-24(19-33-18-22-13-7-3-8-14-22)35-28(37-23-15-9-4-10-16-23)25-27(26)36-29(32)30(25)17-21-11-5-2-6-12-21/h2-16,24-28H,17-19H2,1H3/t24-,25-,26+,27-,28-/m1/s1. The van der Waals surface area contributed by atoms with E-state index in [9.17, 15) is 9.59 Å². The highest BCUT2D eigenvalue weighted by Crippen LogP contribution is 2.41. The summed E-state index contributed by atoms with van der Waals surface area (Å²) in [7, 11) is 0. The number of benzene rings is 3. The van der Waals surface area contributed by atoms with Crippen LogP contribution >= 0.6 is 11.8 Å². The normalized spacial score (nSPS) is 24.8. The summed E-state index contributed by atoms with van der Waals surface area (Å²) < 4.78 is 24.1. The number of thioether (sulfide) groups is 1. The Bertz CT molecular complexity index is 1180. The van der Waals surface area contributed by atoms with Gasteiger partial charge in [-0.15, -0.1) is 0 Å². The van der Waals surface area contributed by atoms with Crippen molar-refractivity contribution in [2.75, 3.05) is 6.61 Å². The third-order valence-electron chi connectivity index (χ3n) is 6.33. The van der Waals surface area contributed by atoms with Crippen LogP contribution < -0.4 is 0 Å². The van der Waals surface area contributed by atoms with Gasteiger partial charge in [0.1, 0.15) is 17.6 Å². The van der Waals surface area contributed by atoms with Crippen molar-refractivity contribution in [1.82, 2.24) is 4.90 Å². The Morgan fingerprint density at radius 3 is 2.19 bits per heavy atom. The van der Waals surface area contributed by atoms with Gasteiger partial charge in [-0.05, 0) is 23.3 Å². The van der Waals surface area contributed by atoms with Crippen LogP contribution in [0.2, 0.25) is 0 Å². The molecule has 0 saturated carbocycles. The Morgan fingerprint density at radius 2 is 1.54 bits per heavy atom. The van der Waals surface area contributed by atoms with Crippen LogP contribution in [0, 0.1) is 0 Å². The molecule has 5 rings (SSSR count). The maximum absolute atomic E-state index is 13.1. The molecule has 7 nitrogen and oxygen atoms in total. The summed E-state index contributed by atoms with van der Waals surface area (Å²) >= 11 is 1.52. The molecule has 0 N–H and O–H groups in total. The number of rotatable bonds is 9. The van der Waals surface area contributed by atoms with Crippen LogP contribution in [-0.4, -0.2) is 53.4 Å². The Labute approximate surface area is 220 Å². The summed E-state index contributed by atoms with van der Waals surface area (Å²) in [6.45, 7) is 2.27. The van der Waals surface area contributed by atoms with Crippen LogP contribution in [-0.2, 0) is 36.9 Å². The number of esters is 1. The van der Waals surface area contributed by atoms with Gasteiger partial charge in [-0.25, -0.2) is 4.79 Å². The molecule has 0 unspecified atom stereocenters. The zero-order valence-electron chi connectivity index (χ0n) is 20.5. The second kappa shape index (κ2) is 11.8. The number of ether oxygens (including phenoxy) is 4. The zero-order valence-corrected chi connectivity index (χ0v) is 21.3. The van der Waals surface area contributed by atoms with Crippen LogP contribution in [0.3, 0.4) is 0 Å². The quantitative estimate of drug-likeness (QED) is 0.367. The predicted octanol–water partition coefficient (Wildman–Crippen LogP) is 5.04. The van der Waals surface area contributed by atoms with Crippen LogP contribution in [0.5, 0.6) is 0 Å². The van der Waals surface area contributed by atoms with Crippen molar-refractivity contribution in [3.05, 3.63) is 102 Å². The van der Waals surface area contributed by atoms with E-state index >= 15 is 0 Å². The highest BCUT2D eigenvalue weighted by Gasteiger charge is 2.57. The topological polar surface area (TPSA) is 74.3 Å². The fraction of sp³-hybridized carbons (Fsp3) is 0.310. The van der Waals surface area contributed by atoms with Crippen molar-refractivity contribution in [2.24, 2.45) is 0 Å². The monoisotopic (exact) mass is 519 g/mol. The van der Waals surface area contributed by atoms with Crippen molar-refractivity contribution in [3.63, 3.8) is 0 Å². The molecule has 2 aliphatic rings. The Morgan fingerprint density at radius 1 is 0.919 bits per heavy atom. The fourth-order valence-corrected chi connectivity index (χ4v) is 5.90. The second-order valence-electron chi connectivity index (χ2n) is 9.00. The lowest BCUT2D eigenvalue weighted by atomic mass is 9.97.